The Morgan fingerprint density at radius 2 is 1.78 bits per heavy atom. The highest BCUT2D eigenvalue weighted by molar-refractivity contribution is 9.10. The Labute approximate surface area is 166 Å². The average molecular weight is 437 g/mol. The Balaban J connectivity index is 1.84. The lowest BCUT2D eigenvalue weighted by Crippen LogP contribution is -2.18. The summed E-state index contributed by atoms with van der Waals surface area (Å²) in [4.78, 5) is 23.7. The van der Waals surface area contributed by atoms with Gasteiger partial charge in [0.15, 0.2) is 6.61 Å². The van der Waals surface area contributed by atoms with Gasteiger partial charge in [0.1, 0.15) is 18.1 Å². The van der Waals surface area contributed by atoms with Crippen molar-refractivity contribution in [2.75, 3.05) is 26.9 Å². The maximum absolute atomic E-state index is 11.9. The molecule has 0 saturated heterocycles. The summed E-state index contributed by atoms with van der Waals surface area (Å²) in [7, 11) is 1.53. The van der Waals surface area contributed by atoms with Crippen LogP contribution in [0.2, 0.25) is 0 Å². The van der Waals surface area contributed by atoms with E-state index in [0.717, 1.165) is 16.5 Å². The number of esters is 2. The van der Waals surface area contributed by atoms with Gasteiger partial charge in [0.05, 0.1) is 16.6 Å². The molecular weight excluding hydrogens is 416 g/mol. The molecule has 0 atom stereocenters. The molecule has 6 nitrogen and oxygen atoms in total. The van der Waals surface area contributed by atoms with E-state index >= 15 is 0 Å². The molecule has 0 heterocycles. The van der Waals surface area contributed by atoms with Crippen LogP contribution in [0.15, 0.2) is 46.9 Å². The molecule has 0 amide bonds. The number of methoxy groups -OCH3 is 1. The Bertz CT molecular complexity index is 773. The lowest BCUT2D eigenvalue weighted by atomic mass is 10.2. The van der Waals surface area contributed by atoms with Crippen LogP contribution < -0.4 is 9.47 Å². The first-order valence-electron chi connectivity index (χ1n) is 8.41. The summed E-state index contributed by atoms with van der Waals surface area (Å²) in [6.07, 6.45) is 0.914. The Morgan fingerprint density at radius 3 is 2.41 bits per heavy atom. The van der Waals surface area contributed by atoms with Crippen molar-refractivity contribution >= 4 is 27.9 Å². The van der Waals surface area contributed by atoms with Crippen molar-refractivity contribution in [3.8, 4) is 11.5 Å². The Hall–Kier alpha value is -2.38. The Kier molecular flexibility index (Phi) is 8.29. The summed E-state index contributed by atoms with van der Waals surface area (Å²) in [6, 6.07) is 11.8. The molecule has 2 aromatic rings. The van der Waals surface area contributed by atoms with Gasteiger partial charge in [0.25, 0.3) is 0 Å². The van der Waals surface area contributed by atoms with Gasteiger partial charge >= 0.3 is 11.9 Å². The first-order valence-corrected chi connectivity index (χ1v) is 9.20. The predicted octanol–water partition coefficient (Wildman–Crippen LogP) is 3.80. The van der Waals surface area contributed by atoms with Crippen molar-refractivity contribution in [1.29, 1.82) is 0 Å². The van der Waals surface area contributed by atoms with Crippen LogP contribution >= 0.6 is 15.9 Å². The van der Waals surface area contributed by atoms with Crippen molar-refractivity contribution in [2.24, 2.45) is 0 Å². The molecule has 0 spiro atoms. The van der Waals surface area contributed by atoms with E-state index in [-0.39, 0.29) is 13.2 Å². The number of aryl methyl sites for hydroxylation is 1. The highest BCUT2D eigenvalue weighted by Gasteiger charge is 2.11. The largest absolute Gasteiger partial charge is 0.481 e. The first kappa shape index (κ1) is 20.9. The van der Waals surface area contributed by atoms with Gasteiger partial charge in [-0.05, 0) is 64.3 Å². The van der Waals surface area contributed by atoms with Gasteiger partial charge in [0, 0.05) is 7.11 Å². The molecule has 27 heavy (non-hydrogen) atoms. The van der Waals surface area contributed by atoms with E-state index in [1.54, 1.807) is 6.07 Å². The highest BCUT2D eigenvalue weighted by Crippen LogP contribution is 2.26. The smallest absolute Gasteiger partial charge is 0.349 e. The summed E-state index contributed by atoms with van der Waals surface area (Å²) < 4.78 is 21.3. The van der Waals surface area contributed by atoms with Gasteiger partial charge in [-0.25, -0.2) is 9.59 Å². The van der Waals surface area contributed by atoms with Crippen LogP contribution in [0.3, 0.4) is 0 Å². The van der Waals surface area contributed by atoms with Crippen molar-refractivity contribution in [3.63, 3.8) is 0 Å². The third-order valence-electron chi connectivity index (χ3n) is 3.59. The van der Waals surface area contributed by atoms with Crippen LogP contribution in [-0.2, 0) is 20.7 Å². The van der Waals surface area contributed by atoms with E-state index in [2.05, 4.69) is 22.9 Å². The van der Waals surface area contributed by atoms with E-state index < -0.39 is 11.9 Å². The summed E-state index contributed by atoms with van der Waals surface area (Å²) in [5, 5.41) is 0. The SMILES string of the molecule is CCc1ccc(OCC(=O)Oc2ccc(C(=O)OCCOC)cc2)c(Br)c1. The summed E-state index contributed by atoms with van der Waals surface area (Å²) in [5.41, 5.74) is 1.53. The van der Waals surface area contributed by atoms with Crippen molar-refractivity contribution in [2.45, 2.75) is 13.3 Å². The topological polar surface area (TPSA) is 71.1 Å². The van der Waals surface area contributed by atoms with Crippen LogP contribution in [0, 0.1) is 0 Å². The van der Waals surface area contributed by atoms with E-state index in [1.165, 1.54) is 31.4 Å². The third-order valence-corrected chi connectivity index (χ3v) is 4.21. The Morgan fingerprint density at radius 1 is 1.04 bits per heavy atom. The minimum absolute atomic E-state index is 0.179. The zero-order valence-electron chi connectivity index (χ0n) is 15.2. The molecule has 144 valence electrons. The molecule has 0 saturated carbocycles. The van der Waals surface area contributed by atoms with Gasteiger partial charge in [-0.3, -0.25) is 0 Å². The first-order chi connectivity index (χ1) is 13.0. The normalized spacial score (nSPS) is 10.3. The molecule has 0 N–H and O–H groups in total. The number of benzene rings is 2. The molecule has 0 radical (unpaired) electrons. The van der Waals surface area contributed by atoms with Crippen LogP contribution in [0.1, 0.15) is 22.8 Å². The number of carbonyl (C=O) groups excluding carboxylic acids is 2. The predicted molar refractivity (Wildman–Crippen MR) is 103 cm³/mol. The second-order valence-corrected chi connectivity index (χ2v) is 6.39. The molecule has 0 bridgehead atoms. The van der Waals surface area contributed by atoms with E-state index in [4.69, 9.17) is 18.9 Å². The van der Waals surface area contributed by atoms with Crippen molar-refractivity contribution < 1.29 is 28.5 Å². The van der Waals surface area contributed by atoms with Gasteiger partial charge in [-0.15, -0.1) is 0 Å². The fourth-order valence-corrected chi connectivity index (χ4v) is 2.68. The molecule has 0 aliphatic heterocycles. The second-order valence-electron chi connectivity index (χ2n) is 5.53. The van der Waals surface area contributed by atoms with E-state index in [9.17, 15) is 9.59 Å². The lowest BCUT2D eigenvalue weighted by Gasteiger charge is -2.09. The monoisotopic (exact) mass is 436 g/mol. The number of halogens is 1. The van der Waals surface area contributed by atoms with Gasteiger partial charge < -0.3 is 18.9 Å². The maximum atomic E-state index is 11.9. The van der Waals surface area contributed by atoms with E-state index in [0.29, 0.717) is 23.7 Å². The van der Waals surface area contributed by atoms with Gasteiger partial charge in [0.2, 0.25) is 0 Å². The van der Waals surface area contributed by atoms with Gasteiger partial charge in [-0.1, -0.05) is 13.0 Å². The molecule has 0 aliphatic carbocycles. The molecule has 0 aromatic heterocycles. The van der Waals surface area contributed by atoms with Crippen LogP contribution in [0.4, 0.5) is 0 Å². The summed E-state index contributed by atoms with van der Waals surface area (Å²) in [5.74, 6) is -0.124. The molecule has 7 heteroatoms. The summed E-state index contributed by atoms with van der Waals surface area (Å²) in [6.45, 7) is 2.34. The minimum Gasteiger partial charge on any atom is -0.481 e. The van der Waals surface area contributed by atoms with Crippen molar-refractivity contribution in [1.82, 2.24) is 0 Å². The molecule has 2 rings (SSSR count). The fourth-order valence-electron chi connectivity index (χ4n) is 2.14. The lowest BCUT2D eigenvalue weighted by molar-refractivity contribution is -0.136. The summed E-state index contributed by atoms with van der Waals surface area (Å²) >= 11 is 3.42. The zero-order chi connectivity index (χ0) is 19.6. The number of ether oxygens (including phenoxy) is 4. The minimum atomic E-state index is -0.545. The van der Waals surface area contributed by atoms with Crippen LogP contribution in [0.25, 0.3) is 0 Å². The molecule has 0 unspecified atom stereocenters. The van der Waals surface area contributed by atoms with Crippen LogP contribution in [-0.4, -0.2) is 38.9 Å². The average Bonchev–Trinajstić information content (AvgIpc) is 2.67. The molecule has 2 aromatic carbocycles. The standard InChI is InChI=1S/C20H21BrO6/c1-3-14-4-9-18(17(21)12-14)26-13-19(22)27-16-7-5-15(6-8-16)20(23)25-11-10-24-2/h4-9,12H,3,10-11,13H2,1-2H3. The van der Waals surface area contributed by atoms with Crippen molar-refractivity contribution in [3.05, 3.63) is 58.1 Å². The third kappa shape index (κ3) is 6.69. The van der Waals surface area contributed by atoms with E-state index in [1.807, 2.05) is 12.1 Å². The molecular formula is C20H21BrO6. The molecule has 0 fully saturated rings. The highest BCUT2D eigenvalue weighted by atomic mass is 79.9. The van der Waals surface area contributed by atoms with Gasteiger partial charge in [-0.2, -0.15) is 0 Å². The second kappa shape index (κ2) is 10.7. The maximum Gasteiger partial charge on any atom is 0.349 e. The number of carbonyl (C=O) groups is 2. The zero-order valence-corrected chi connectivity index (χ0v) is 16.8. The number of hydrogen-bond acceptors (Lipinski definition) is 6. The molecule has 0 aliphatic rings. The quantitative estimate of drug-likeness (QED) is 0.338. The van der Waals surface area contributed by atoms with Crippen LogP contribution in [0.5, 0.6) is 11.5 Å². The fraction of sp³-hybridized carbons (Fsp3) is 0.300. The number of hydrogen-bond donors (Lipinski definition) is 0. The number of rotatable bonds is 9.